The summed E-state index contributed by atoms with van der Waals surface area (Å²) in [6.07, 6.45) is 0. The van der Waals surface area contributed by atoms with E-state index in [0.717, 1.165) is 33.9 Å². The van der Waals surface area contributed by atoms with Gasteiger partial charge in [-0.3, -0.25) is 9.30 Å². The molecule has 7 nitrogen and oxygen atoms in total. The largest absolute Gasteiger partial charge is 0.491 e. The molecule has 10 heteroatoms. The second kappa shape index (κ2) is 8.39. The van der Waals surface area contributed by atoms with Crippen molar-refractivity contribution >= 4 is 54.8 Å². The summed E-state index contributed by atoms with van der Waals surface area (Å²) < 4.78 is 38.6. The molecule has 3 aromatic rings. The first-order chi connectivity index (χ1) is 14.0. The van der Waals surface area contributed by atoms with Crippen LogP contribution >= 0.6 is 23.1 Å². The molecule has 0 spiro atoms. The predicted octanol–water partition coefficient (Wildman–Crippen LogP) is 3.57. The smallest absolute Gasteiger partial charge is 0.273 e. The number of hydrogen-bond donors (Lipinski definition) is 1. The molecular formula is C19H21N3O4S3. The minimum absolute atomic E-state index is 0.293. The molecule has 0 unspecified atom stereocenters. The third-order valence-electron chi connectivity index (χ3n) is 4.50. The SMILES string of the molecule is COCCOc1cc(N(C)S(=O)(=O)c2cccs2)c2[nH]c(C3=NCCS3)cc2c1. The van der Waals surface area contributed by atoms with E-state index in [1.54, 1.807) is 49.5 Å². The molecule has 0 saturated carbocycles. The van der Waals surface area contributed by atoms with E-state index >= 15 is 0 Å². The lowest BCUT2D eigenvalue weighted by Gasteiger charge is -2.20. The molecule has 4 rings (SSSR count). The Labute approximate surface area is 177 Å². The van der Waals surface area contributed by atoms with Gasteiger partial charge in [-0.05, 0) is 23.6 Å². The highest BCUT2D eigenvalue weighted by molar-refractivity contribution is 8.14. The number of thioether (sulfide) groups is 1. The Balaban J connectivity index is 1.81. The summed E-state index contributed by atoms with van der Waals surface area (Å²) in [6.45, 7) is 1.62. The van der Waals surface area contributed by atoms with Crippen LogP contribution in [0.3, 0.4) is 0 Å². The van der Waals surface area contributed by atoms with Gasteiger partial charge in [0, 0.05) is 37.9 Å². The van der Waals surface area contributed by atoms with Gasteiger partial charge in [0.1, 0.15) is 21.6 Å². The number of benzene rings is 1. The van der Waals surface area contributed by atoms with E-state index in [1.165, 1.54) is 15.6 Å². The van der Waals surface area contributed by atoms with Crippen LogP contribution in [0.2, 0.25) is 0 Å². The Kier molecular flexibility index (Phi) is 5.86. The zero-order valence-electron chi connectivity index (χ0n) is 16.0. The van der Waals surface area contributed by atoms with Crippen molar-refractivity contribution in [3.63, 3.8) is 0 Å². The summed E-state index contributed by atoms with van der Waals surface area (Å²) >= 11 is 2.89. The molecule has 1 aliphatic rings. The van der Waals surface area contributed by atoms with E-state index in [0.29, 0.717) is 28.9 Å². The minimum atomic E-state index is -3.68. The van der Waals surface area contributed by atoms with Crippen LogP contribution in [0.15, 0.2) is 44.9 Å². The number of anilines is 1. The lowest BCUT2D eigenvalue weighted by molar-refractivity contribution is 0.146. The van der Waals surface area contributed by atoms with Crippen LogP contribution in [0.5, 0.6) is 5.75 Å². The molecule has 0 amide bonds. The summed E-state index contributed by atoms with van der Waals surface area (Å²) in [7, 11) is -0.506. The van der Waals surface area contributed by atoms with Gasteiger partial charge < -0.3 is 14.5 Å². The number of nitrogens with zero attached hydrogens (tertiary/aromatic N) is 2. The molecule has 0 bridgehead atoms. The average Bonchev–Trinajstić information content (AvgIpc) is 3.47. The highest BCUT2D eigenvalue weighted by atomic mass is 32.2. The normalized spacial score (nSPS) is 14.3. The van der Waals surface area contributed by atoms with Crippen molar-refractivity contribution in [2.75, 3.05) is 44.0 Å². The fourth-order valence-electron chi connectivity index (χ4n) is 3.06. The molecule has 0 aliphatic carbocycles. The van der Waals surface area contributed by atoms with Gasteiger partial charge in [0.05, 0.1) is 23.5 Å². The fourth-order valence-corrected chi connectivity index (χ4v) is 6.24. The third-order valence-corrected chi connectivity index (χ3v) is 8.66. The van der Waals surface area contributed by atoms with Crippen LogP contribution in [-0.2, 0) is 14.8 Å². The Morgan fingerprint density at radius 1 is 1.28 bits per heavy atom. The third kappa shape index (κ3) is 4.02. The first-order valence-corrected chi connectivity index (χ1v) is 12.3. The van der Waals surface area contributed by atoms with Crippen LogP contribution in [0.1, 0.15) is 5.69 Å². The molecule has 2 aromatic heterocycles. The van der Waals surface area contributed by atoms with E-state index < -0.39 is 10.0 Å². The number of aromatic amines is 1. The standard InChI is InChI=1S/C19H21N3O4S3/c1-22(29(23,24)17-4-3-8-27-17)16-12-14(26-7-6-25-2)10-13-11-15(21-18(13)16)19-20-5-9-28-19/h3-4,8,10-12,21H,5-7,9H2,1-2H3. The van der Waals surface area contributed by atoms with Crippen molar-refractivity contribution in [1.82, 2.24) is 4.98 Å². The second-order valence-corrected chi connectivity index (χ2v) is 10.6. The second-order valence-electron chi connectivity index (χ2n) is 6.37. The quantitative estimate of drug-likeness (QED) is 0.529. The Morgan fingerprint density at radius 3 is 2.83 bits per heavy atom. The van der Waals surface area contributed by atoms with Crippen molar-refractivity contribution in [2.45, 2.75) is 4.21 Å². The maximum absolute atomic E-state index is 13.1. The van der Waals surface area contributed by atoms with Crippen molar-refractivity contribution in [3.05, 3.63) is 41.4 Å². The van der Waals surface area contributed by atoms with Crippen LogP contribution in [0.4, 0.5) is 5.69 Å². The maximum Gasteiger partial charge on any atom is 0.273 e. The molecule has 0 atom stereocenters. The number of aromatic nitrogens is 1. The summed E-state index contributed by atoms with van der Waals surface area (Å²) in [5.74, 6) is 1.54. The monoisotopic (exact) mass is 451 g/mol. The van der Waals surface area contributed by atoms with E-state index in [2.05, 4.69) is 9.98 Å². The molecule has 0 saturated heterocycles. The number of H-pyrrole nitrogens is 1. The van der Waals surface area contributed by atoms with Crippen LogP contribution in [0.25, 0.3) is 10.9 Å². The number of ether oxygens (including phenoxy) is 2. The zero-order valence-corrected chi connectivity index (χ0v) is 18.5. The number of nitrogens with one attached hydrogen (secondary N) is 1. The number of sulfonamides is 1. The first-order valence-electron chi connectivity index (χ1n) is 8.99. The fraction of sp³-hybridized carbons (Fsp3) is 0.316. The molecule has 1 aliphatic heterocycles. The number of hydrogen-bond acceptors (Lipinski definition) is 7. The Bertz CT molecular complexity index is 1140. The van der Waals surface area contributed by atoms with Gasteiger partial charge in [-0.2, -0.15) is 0 Å². The highest BCUT2D eigenvalue weighted by Gasteiger charge is 2.26. The van der Waals surface area contributed by atoms with E-state index in [-0.39, 0.29) is 0 Å². The Morgan fingerprint density at radius 2 is 2.14 bits per heavy atom. The Hall–Kier alpha value is -2.01. The molecule has 154 valence electrons. The lowest BCUT2D eigenvalue weighted by atomic mass is 10.2. The summed E-state index contributed by atoms with van der Waals surface area (Å²) in [5.41, 5.74) is 2.15. The number of aliphatic imine (C=N–C) groups is 1. The molecule has 1 aromatic carbocycles. The first kappa shape index (κ1) is 20.3. The maximum atomic E-state index is 13.1. The van der Waals surface area contributed by atoms with Gasteiger partial charge in [0.2, 0.25) is 0 Å². The number of fused-ring (bicyclic) bond motifs is 1. The number of rotatable bonds is 8. The summed E-state index contributed by atoms with van der Waals surface area (Å²) in [5, 5.41) is 3.56. The number of methoxy groups -OCH3 is 1. The van der Waals surface area contributed by atoms with Crippen LogP contribution in [-0.4, -0.2) is 58.1 Å². The van der Waals surface area contributed by atoms with Gasteiger partial charge in [-0.1, -0.05) is 6.07 Å². The predicted molar refractivity (Wildman–Crippen MR) is 119 cm³/mol. The molecule has 29 heavy (non-hydrogen) atoms. The van der Waals surface area contributed by atoms with E-state index in [1.807, 2.05) is 12.1 Å². The van der Waals surface area contributed by atoms with E-state index in [4.69, 9.17) is 9.47 Å². The van der Waals surface area contributed by atoms with Crippen LogP contribution < -0.4 is 9.04 Å². The topological polar surface area (TPSA) is 84.0 Å². The number of thiophene rings is 1. The van der Waals surface area contributed by atoms with Crippen molar-refractivity contribution < 1.29 is 17.9 Å². The van der Waals surface area contributed by atoms with Crippen molar-refractivity contribution in [1.29, 1.82) is 0 Å². The highest BCUT2D eigenvalue weighted by Crippen LogP contribution is 2.36. The molecule has 1 N–H and O–H groups in total. The van der Waals surface area contributed by atoms with Gasteiger partial charge in [0.15, 0.2) is 0 Å². The van der Waals surface area contributed by atoms with Gasteiger partial charge in [-0.15, -0.1) is 23.1 Å². The zero-order chi connectivity index (χ0) is 20.4. The lowest BCUT2D eigenvalue weighted by Crippen LogP contribution is -2.26. The van der Waals surface area contributed by atoms with Crippen LogP contribution in [0, 0.1) is 0 Å². The summed E-state index contributed by atoms with van der Waals surface area (Å²) in [6, 6.07) is 8.97. The van der Waals surface area contributed by atoms with Gasteiger partial charge in [-0.25, -0.2) is 8.42 Å². The average molecular weight is 452 g/mol. The van der Waals surface area contributed by atoms with Crippen molar-refractivity contribution in [3.8, 4) is 5.75 Å². The minimum Gasteiger partial charge on any atom is -0.491 e. The molecular weight excluding hydrogens is 430 g/mol. The molecule has 0 fully saturated rings. The van der Waals surface area contributed by atoms with Gasteiger partial charge in [0.25, 0.3) is 10.0 Å². The van der Waals surface area contributed by atoms with Crippen molar-refractivity contribution in [2.24, 2.45) is 4.99 Å². The van der Waals surface area contributed by atoms with Gasteiger partial charge >= 0.3 is 0 Å². The molecule has 0 radical (unpaired) electrons. The summed E-state index contributed by atoms with van der Waals surface area (Å²) in [4.78, 5) is 7.88. The van der Waals surface area contributed by atoms with E-state index in [9.17, 15) is 8.42 Å². The molecule has 3 heterocycles.